The Kier molecular flexibility index (Phi) is 8.17. The van der Waals surface area contributed by atoms with Crippen molar-refractivity contribution in [1.82, 2.24) is 24.6 Å². The van der Waals surface area contributed by atoms with E-state index in [0.29, 0.717) is 29.8 Å². The maximum atomic E-state index is 13.7. The zero-order chi connectivity index (χ0) is 27.3. The van der Waals surface area contributed by atoms with E-state index in [1.165, 1.54) is 13.3 Å². The van der Waals surface area contributed by atoms with Crippen molar-refractivity contribution in [2.75, 3.05) is 12.3 Å². The zero-order valence-electron chi connectivity index (χ0n) is 21.3. The molecule has 1 aliphatic carbocycles. The molecule has 202 valence electrons. The third kappa shape index (κ3) is 6.22. The van der Waals surface area contributed by atoms with Crippen LogP contribution >= 0.6 is 7.75 Å². The third-order valence-electron chi connectivity index (χ3n) is 6.12. The highest BCUT2D eigenvalue weighted by Gasteiger charge is 2.45. The number of azide groups is 1. The number of aromatic nitrogens is 4. The Labute approximate surface area is 219 Å². The second-order valence-corrected chi connectivity index (χ2v) is 11.1. The van der Waals surface area contributed by atoms with Crippen LogP contribution in [-0.2, 0) is 18.6 Å². The molecule has 3 N–H and O–H groups in total. The van der Waals surface area contributed by atoms with Gasteiger partial charge < -0.3 is 19.6 Å². The summed E-state index contributed by atoms with van der Waals surface area (Å²) in [6.45, 7) is 4.89. The standard InChI is InChI=1S/C23H30N9O5P/c1-15(2)36-22(33)16(3)29-38(34,37-18-7-5-4-6-8-18)35-10-9-23(30-31-25)11-17(12-23)32-14-28-19-20(24)26-13-27-21(19)32/h4-8,13-17H,9-12H2,1-3H3,(H,29,34)(H2,24,26,27)/t16-,17-,23+,38?/m0/s1. The van der Waals surface area contributed by atoms with Crippen molar-refractivity contribution >= 4 is 30.7 Å². The molecular weight excluding hydrogens is 513 g/mol. The fourth-order valence-corrected chi connectivity index (χ4v) is 5.76. The number of rotatable bonds is 12. The molecule has 3 aromatic rings. The number of para-hydroxylation sites is 1. The number of hydrogen-bond donors (Lipinski definition) is 2. The van der Waals surface area contributed by atoms with Crippen molar-refractivity contribution in [3.63, 3.8) is 0 Å². The van der Waals surface area contributed by atoms with E-state index in [0.717, 1.165) is 0 Å². The van der Waals surface area contributed by atoms with E-state index in [1.54, 1.807) is 50.5 Å². The van der Waals surface area contributed by atoms with Crippen molar-refractivity contribution in [2.45, 2.75) is 63.8 Å². The molecule has 0 radical (unpaired) electrons. The Morgan fingerprint density at radius 2 is 2.03 bits per heavy atom. The number of hydrogen-bond acceptors (Lipinski definition) is 10. The highest BCUT2D eigenvalue weighted by atomic mass is 31.2. The van der Waals surface area contributed by atoms with Gasteiger partial charge in [-0.15, -0.1) is 0 Å². The number of benzene rings is 1. The highest BCUT2D eigenvalue weighted by molar-refractivity contribution is 7.52. The topological polar surface area (TPSA) is 192 Å². The predicted octanol–water partition coefficient (Wildman–Crippen LogP) is 4.32. The normalized spacial score (nSPS) is 21.2. The van der Waals surface area contributed by atoms with Crippen LogP contribution in [0.25, 0.3) is 21.6 Å². The fraction of sp³-hybridized carbons (Fsp3) is 0.478. The van der Waals surface area contributed by atoms with E-state index < -0.39 is 25.3 Å². The van der Waals surface area contributed by atoms with Gasteiger partial charge in [0.15, 0.2) is 11.5 Å². The Morgan fingerprint density at radius 1 is 1.29 bits per heavy atom. The fourth-order valence-electron chi connectivity index (χ4n) is 4.27. The predicted molar refractivity (Wildman–Crippen MR) is 139 cm³/mol. The molecule has 38 heavy (non-hydrogen) atoms. The molecule has 0 spiro atoms. The summed E-state index contributed by atoms with van der Waals surface area (Å²) in [6.07, 6.45) is 3.92. The Bertz CT molecular complexity index is 1370. The average Bonchev–Trinajstić information content (AvgIpc) is 3.27. The van der Waals surface area contributed by atoms with Gasteiger partial charge in [-0.2, -0.15) is 5.09 Å². The molecule has 2 heterocycles. The molecule has 2 atom stereocenters. The number of carbonyl (C=O) groups is 1. The number of nitrogen functional groups attached to an aromatic ring is 1. The van der Waals surface area contributed by atoms with Gasteiger partial charge in [-0.25, -0.2) is 19.5 Å². The maximum absolute atomic E-state index is 13.7. The molecule has 1 aliphatic rings. The van der Waals surface area contributed by atoms with Crippen LogP contribution in [-0.4, -0.2) is 49.8 Å². The molecule has 1 aromatic carbocycles. The van der Waals surface area contributed by atoms with Gasteiger partial charge in [0.1, 0.15) is 23.6 Å². The van der Waals surface area contributed by atoms with Crippen molar-refractivity contribution in [2.24, 2.45) is 5.11 Å². The van der Waals surface area contributed by atoms with E-state index in [4.69, 9.17) is 19.5 Å². The lowest BCUT2D eigenvalue weighted by Crippen LogP contribution is -2.44. The third-order valence-corrected chi connectivity index (χ3v) is 7.80. The summed E-state index contributed by atoms with van der Waals surface area (Å²) in [5.74, 6) is -0.00434. The summed E-state index contributed by atoms with van der Waals surface area (Å²) in [4.78, 5) is 27.9. The number of carbonyl (C=O) groups excluding carboxylic acids is 1. The van der Waals surface area contributed by atoms with Crippen LogP contribution in [0.1, 0.15) is 46.1 Å². The Morgan fingerprint density at radius 3 is 2.71 bits per heavy atom. The van der Waals surface area contributed by atoms with Crippen LogP contribution < -0.4 is 15.3 Å². The lowest BCUT2D eigenvalue weighted by Gasteiger charge is -2.45. The second-order valence-electron chi connectivity index (χ2n) is 9.38. The van der Waals surface area contributed by atoms with Crippen molar-refractivity contribution < 1.29 is 23.1 Å². The molecule has 15 heteroatoms. The van der Waals surface area contributed by atoms with Gasteiger partial charge in [-0.3, -0.25) is 9.32 Å². The number of fused-ring (bicyclic) bond motifs is 1. The number of anilines is 1. The first-order chi connectivity index (χ1) is 18.1. The van der Waals surface area contributed by atoms with E-state index in [-0.39, 0.29) is 31.0 Å². The number of nitrogens with zero attached hydrogens (tertiary/aromatic N) is 7. The molecular formula is C23H30N9O5P. The summed E-state index contributed by atoms with van der Waals surface area (Å²) in [7, 11) is -4.02. The Hall–Kier alpha value is -3.70. The van der Waals surface area contributed by atoms with Gasteiger partial charge in [0, 0.05) is 11.0 Å². The van der Waals surface area contributed by atoms with Crippen LogP contribution in [0, 0.1) is 0 Å². The first-order valence-electron chi connectivity index (χ1n) is 12.1. The summed E-state index contributed by atoms with van der Waals surface area (Å²) in [5, 5.41) is 6.68. The molecule has 1 saturated carbocycles. The monoisotopic (exact) mass is 543 g/mol. The van der Waals surface area contributed by atoms with Crippen molar-refractivity contribution in [1.29, 1.82) is 0 Å². The summed E-state index contributed by atoms with van der Waals surface area (Å²) >= 11 is 0. The van der Waals surface area contributed by atoms with Crippen LogP contribution in [0.4, 0.5) is 5.82 Å². The van der Waals surface area contributed by atoms with E-state index in [1.807, 2.05) is 4.57 Å². The highest BCUT2D eigenvalue weighted by Crippen LogP contribution is 2.50. The number of esters is 1. The minimum absolute atomic E-state index is 0.0314. The summed E-state index contributed by atoms with van der Waals surface area (Å²) < 4.78 is 32.1. The zero-order valence-corrected chi connectivity index (χ0v) is 22.2. The molecule has 4 rings (SSSR count). The van der Waals surface area contributed by atoms with Gasteiger partial charge in [-0.05, 0) is 57.7 Å². The first-order valence-corrected chi connectivity index (χ1v) is 13.6. The summed E-state index contributed by atoms with van der Waals surface area (Å²) in [6, 6.07) is 7.48. The van der Waals surface area contributed by atoms with Crippen molar-refractivity contribution in [3.05, 3.63) is 53.4 Å². The molecule has 2 aromatic heterocycles. The largest absolute Gasteiger partial charge is 0.462 e. The van der Waals surface area contributed by atoms with Gasteiger partial charge in [0.25, 0.3) is 0 Å². The minimum atomic E-state index is -4.02. The van der Waals surface area contributed by atoms with Gasteiger partial charge >= 0.3 is 13.7 Å². The van der Waals surface area contributed by atoms with Gasteiger partial charge in [-0.1, -0.05) is 23.3 Å². The van der Waals surface area contributed by atoms with Gasteiger partial charge in [0.05, 0.1) is 24.6 Å². The molecule has 1 fully saturated rings. The number of nitrogens with one attached hydrogen (secondary N) is 1. The van der Waals surface area contributed by atoms with E-state index >= 15 is 0 Å². The molecule has 0 amide bonds. The smallest absolute Gasteiger partial charge is 0.459 e. The average molecular weight is 544 g/mol. The van der Waals surface area contributed by atoms with E-state index in [9.17, 15) is 14.9 Å². The minimum Gasteiger partial charge on any atom is -0.462 e. The number of nitrogens with two attached hydrogens (primary N) is 1. The van der Waals surface area contributed by atoms with Crippen molar-refractivity contribution in [3.8, 4) is 5.75 Å². The van der Waals surface area contributed by atoms with Crippen LogP contribution in [0.3, 0.4) is 0 Å². The molecule has 1 unspecified atom stereocenters. The lowest BCUT2D eigenvalue weighted by atomic mass is 9.71. The van der Waals surface area contributed by atoms with Crippen LogP contribution in [0.15, 0.2) is 48.1 Å². The van der Waals surface area contributed by atoms with Gasteiger partial charge in [0.2, 0.25) is 0 Å². The number of ether oxygens (including phenoxy) is 1. The number of imidazole rings is 1. The molecule has 0 aliphatic heterocycles. The maximum Gasteiger partial charge on any atom is 0.459 e. The SMILES string of the molecule is CC(C)OC(=O)[C@H](C)NP(=O)(OCC[C@]1(N=[N+]=[N-])C[C@@H](n2cnc3c(N)ncnc32)C1)Oc1ccccc1. The first kappa shape index (κ1) is 27.3. The second kappa shape index (κ2) is 11.4. The van der Waals surface area contributed by atoms with Crippen LogP contribution in [0.5, 0.6) is 5.75 Å². The van der Waals surface area contributed by atoms with E-state index in [2.05, 4.69) is 30.1 Å². The quantitative estimate of drug-likeness (QED) is 0.109. The molecule has 14 nitrogen and oxygen atoms in total. The lowest BCUT2D eigenvalue weighted by molar-refractivity contribution is -0.149. The summed E-state index contributed by atoms with van der Waals surface area (Å²) in [5.41, 5.74) is 15.4. The molecule has 0 bridgehead atoms. The van der Waals surface area contributed by atoms with Crippen LogP contribution in [0.2, 0.25) is 0 Å². The Balaban J connectivity index is 1.44. The molecule has 0 saturated heterocycles.